The second-order valence-electron chi connectivity index (χ2n) is 8.05. The zero-order chi connectivity index (χ0) is 25.1. The summed E-state index contributed by atoms with van der Waals surface area (Å²) in [5.74, 6) is 0.823. The van der Waals surface area contributed by atoms with Crippen LogP contribution >= 0.6 is 11.8 Å². The van der Waals surface area contributed by atoms with Gasteiger partial charge in [-0.3, -0.25) is 4.98 Å². The van der Waals surface area contributed by atoms with E-state index >= 15 is 0 Å². The third-order valence-corrected chi connectivity index (χ3v) is 6.56. The number of halogens is 1. The molecule has 0 aliphatic heterocycles. The number of thioether (sulfide) groups is 1. The van der Waals surface area contributed by atoms with Crippen molar-refractivity contribution in [1.29, 1.82) is 0 Å². The lowest BCUT2D eigenvalue weighted by Gasteiger charge is -2.08. The number of hydrogen-bond donors (Lipinski definition) is 0. The largest absolute Gasteiger partial charge is 0.462 e. The molecule has 3 heterocycles. The van der Waals surface area contributed by atoms with Gasteiger partial charge in [-0.15, -0.1) is 0 Å². The summed E-state index contributed by atoms with van der Waals surface area (Å²) >= 11 is 1.51. The number of carbonyl (C=O) groups is 1. The van der Waals surface area contributed by atoms with E-state index in [0.29, 0.717) is 47.2 Å². The third-order valence-electron chi connectivity index (χ3n) is 5.57. The molecular formula is C27H23FN4O3S. The summed E-state index contributed by atoms with van der Waals surface area (Å²) in [4.78, 5) is 26.1. The highest BCUT2D eigenvalue weighted by Gasteiger charge is 2.18. The van der Waals surface area contributed by atoms with Crippen LogP contribution in [0.1, 0.15) is 34.4 Å². The second-order valence-corrected chi connectivity index (χ2v) is 8.99. The zero-order valence-electron chi connectivity index (χ0n) is 19.8. The fourth-order valence-corrected chi connectivity index (χ4v) is 4.82. The molecule has 0 fully saturated rings. The quantitative estimate of drug-likeness (QED) is 0.189. The SMILES string of the molecule is CCOC(=O)c1ccc2c(c1)nc(SCc1nc(-c3cccc(F)c3)oc1C)n2Cc1ccccn1. The molecule has 5 aromatic rings. The Morgan fingerprint density at radius 1 is 1.11 bits per heavy atom. The average Bonchev–Trinajstić information content (AvgIpc) is 3.43. The Kier molecular flexibility index (Phi) is 6.81. The lowest BCUT2D eigenvalue weighted by atomic mass is 10.2. The van der Waals surface area contributed by atoms with E-state index in [9.17, 15) is 9.18 Å². The van der Waals surface area contributed by atoms with Gasteiger partial charge in [0.2, 0.25) is 5.89 Å². The van der Waals surface area contributed by atoms with E-state index in [4.69, 9.17) is 14.1 Å². The predicted octanol–water partition coefficient (Wildman–Crippen LogP) is 6.05. The molecule has 7 nitrogen and oxygen atoms in total. The van der Waals surface area contributed by atoms with Crippen LogP contribution in [0.5, 0.6) is 0 Å². The van der Waals surface area contributed by atoms with Gasteiger partial charge in [-0.2, -0.15) is 0 Å². The number of esters is 1. The van der Waals surface area contributed by atoms with Gasteiger partial charge in [0.25, 0.3) is 0 Å². The van der Waals surface area contributed by atoms with Crippen molar-refractivity contribution in [3.05, 3.63) is 95.4 Å². The van der Waals surface area contributed by atoms with Crippen molar-refractivity contribution in [3.63, 3.8) is 0 Å². The van der Waals surface area contributed by atoms with Crippen LogP contribution in [-0.2, 0) is 17.0 Å². The molecule has 0 radical (unpaired) electrons. The van der Waals surface area contributed by atoms with Crippen molar-refractivity contribution in [2.24, 2.45) is 0 Å². The summed E-state index contributed by atoms with van der Waals surface area (Å²) in [6, 6.07) is 17.3. The van der Waals surface area contributed by atoms with Gasteiger partial charge in [-0.05, 0) is 62.4 Å². The first-order valence-electron chi connectivity index (χ1n) is 11.4. The van der Waals surface area contributed by atoms with Crippen molar-refractivity contribution in [2.75, 3.05) is 6.61 Å². The summed E-state index contributed by atoms with van der Waals surface area (Å²) in [5.41, 5.74) is 4.26. The topological polar surface area (TPSA) is 83.0 Å². The van der Waals surface area contributed by atoms with Gasteiger partial charge in [0.15, 0.2) is 5.16 Å². The minimum absolute atomic E-state index is 0.306. The number of aromatic nitrogens is 4. The number of nitrogens with zero attached hydrogens (tertiary/aromatic N) is 4. The first-order chi connectivity index (χ1) is 17.5. The summed E-state index contributed by atoms with van der Waals surface area (Å²) in [6.07, 6.45) is 1.76. The van der Waals surface area contributed by atoms with E-state index < -0.39 is 0 Å². The van der Waals surface area contributed by atoms with Gasteiger partial charge < -0.3 is 13.7 Å². The molecule has 0 saturated heterocycles. The first-order valence-corrected chi connectivity index (χ1v) is 12.4. The number of ether oxygens (including phenoxy) is 1. The zero-order valence-corrected chi connectivity index (χ0v) is 20.6. The summed E-state index contributed by atoms with van der Waals surface area (Å²) in [7, 11) is 0. The standard InChI is InChI=1S/C27H23FN4O3S/c1-3-34-26(33)19-10-11-24-22(14-19)31-27(32(24)15-21-9-4-5-12-29-21)36-16-23-17(2)35-25(30-23)18-7-6-8-20(28)13-18/h4-14H,3,15-16H2,1-2H3. The summed E-state index contributed by atoms with van der Waals surface area (Å²) < 4.78 is 26.7. The Morgan fingerprint density at radius 3 is 2.78 bits per heavy atom. The maximum Gasteiger partial charge on any atom is 0.338 e. The number of rotatable bonds is 8. The number of fused-ring (bicyclic) bond motifs is 1. The number of aryl methyl sites for hydroxylation is 1. The molecule has 0 N–H and O–H groups in total. The minimum Gasteiger partial charge on any atom is -0.462 e. The molecule has 3 aromatic heterocycles. The van der Waals surface area contributed by atoms with Gasteiger partial charge in [-0.25, -0.2) is 19.2 Å². The van der Waals surface area contributed by atoms with E-state index in [-0.39, 0.29) is 11.8 Å². The maximum atomic E-state index is 13.7. The van der Waals surface area contributed by atoms with E-state index in [2.05, 4.69) is 14.5 Å². The van der Waals surface area contributed by atoms with Gasteiger partial charge in [-0.1, -0.05) is 23.9 Å². The van der Waals surface area contributed by atoms with E-state index in [0.717, 1.165) is 22.1 Å². The second kappa shape index (κ2) is 10.3. The highest BCUT2D eigenvalue weighted by Crippen LogP contribution is 2.31. The van der Waals surface area contributed by atoms with Crippen LogP contribution in [0.4, 0.5) is 4.39 Å². The normalized spacial score (nSPS) is 11.2. The molecule has 0 saturated carbocycles. The van der Waals surface area contributed by atoms with E-state index in [1.807, 2.05) is 31.2 Å². The number of hydrogen-bond acceptors (Lipinski definition) is 7. The Balaban J connectivity index is 1.46. The van der Waals surface area contributed by atoms with Crippen LogP contribution in [0.2, 0.25) is 0 Å². The van der Waals surface area contributed by atoms with Crippen LogP contribution in [0.15, 0.2) is 76.4 Å². The highest BCUT2D eigenvalue weighted by atomic mass is 32.2. The van der Waals surface area contributed by atoms with Crippen molar-refractivity contribution in [3.8, 4) is 11.5 Å². The molecule has 0 bridgehead atoms. The fraction of sp³-hybridized carbons (Fsp3) is 0.185. The number of oxazole rings is 1. The molecule has 0 amide bonds. The van der Waals surface area contributed by atoms with Crippen molar-refractivity contribution in [1.82, 2.24) is 19.5 Å². The summed E-state index contributed by atoms with van der Waals surface area (Å²) in [6.45, 7) is 4.44. The Morgan fingerprint density at radius 2 is 2.00 bits per heavy atom. The number of carbonyl (C=O) groups excluding carboxylic acids is 1. The first kappa shape index (κ1) is 23.7. The molecular weight excluding hydrogens is 479 g/mol. The molecule has 0 aliphatic carbocycles. The highest BCUT2D eigenvalue weighted by molar-refractivity contribution is 7.98. The van der Waals surface area contributed by atoms with Crippen LogP contribution < -0.4 is 0 Å². The molecule has 5 rings (SSSR count). The van der Waals surface area contributed by atoms with Crippen LogP contribution in [-0.4, -0.2) is 32.1 Å². The lowest BCUT2D eigenvalue weighted by Crippen LogP contribution is -2.05. The Labute approximate surface area is 211 Å². The van der Waals surface area contributed by atoms with Crippen molar-refractivity contribution < 1.29 is 18.3 Å². The molecule has 0 unspecified atom stereocenters. The average molecular weight is 503 g/mol. The number of imidazole rings is 1. The van der Waals surface area contributed by atoms with E-state index in [1.54, 1.807) is 37.4 Å². The third kappa shape index (κ3) is 5.01. The van der Waals surface area contributed by atoms with Crippen molar-refractivity contribution in [2.45, 2.75) is 31.3 Å². The fourth-order valence-electron chi connectivity index (χ4n) is 3.81. The van der Waals surface area contributed by atoms with Gasteiger partial charge in [0.05, 0.1) is 41.1 Å². The smallest absolute Gasteiger partial charge is 0.338 e. The monoisotopic (exact) mass is 502 g/mol. The molecule has 182 valence electrons. The molecule has 2 aromatic carbocycles. The van der Waals surface area contributed by atoms with Gasteiger partial charge in [0.1, 0.15) is 11.6 Å². The van der Waals surface area contributed by atoms with Gasteiger partial charge in [0, 0.05) is 17.5 Å². The molecule has 9 heteroatoms. The van der Waals surface area contributed by atoms with Crippen LogP contribution in [0, 0.1) is 12.7 Å². The van der Waals surface area contributed by atoms with Crippen LogP contribution in [0.25, 0.3) is 22.5 Å². The molecule has 0 atom stereocenters. The molecule has 0 spiro atoms. The Bertz CT molecular complexity index is 1530. The molecule has 36 heavy (non-hydrogen) atoms. The predicted molar refractivity (Wildman–Crippen MR) is 135 cm³/mol. The summed E-state index contributed by atoms with van der Waals surface area (Å²) in [5, 5.41) is 0.756. The van der Waals surface area contributed by atoms with Crippen LogP contribution in [0.3, 0.4) is 0 Å². The van der Waals surface area contributed by atoms with Gasteiger partial charge >= 0.3 is 5.97 Å². The van der Waals surface area contributed by atoms with E-state index in [1.165, 1.54) is 23.9 Å². The Hall–Kier alpha value is -3.98. The number of benzene rings is 2. The maximum absolute atomic E-state index is 13.7. The van der Waals surface area contributed by atoms with Crippen molar-refractivity contribution >= 4 is 28.8 Å². The number of pyridine rings is 1. The minimum atomic E-state index is -0.379. The lowest BCUT2D eigenvalue weighted by molar-refractivity contribution is 0.0526. The molecule has 0 aliphatic rings.